The third-order valence-electron chi connectivity index (χ3n) is 6.38. The van der Waals surface area contributed by atoms with Gasteiger partial charge in [-0.25, -0.2) is 9.78 Å². The molecular formula is C27H25F6N3O5. The fourth-order valence-electron chi connectivity index (χ4n) is 4.50. The van der Waals surface area contributed by atoms with Crippen LogP contribution in [0.3, 0.4) is 0 Å². The number of anilines is 1. The van der Waals surface area contributed by atoms with E-state index in [1.54, 1.807) is 0 Å². The minimum Gasteiger partial charge on any atom is -0.484 e. The van der Waals surface area contributed by atoms with Gasteiger partial charge in [0.25, 0.3) is 5.91 Å². The number of hydrogen-bond acceptors (Lipinski definition) is 7. The Morgan fingerprint density at radius 2 is 1.59 bits per heavy atom. The summed E-state index contributed by atoms with van der Waals surface area (Å²) in [6.45, 7) is 1.13. The number of pyridine rings is 1. The molecule has 1 amide bonds. The van der Waals surface area contributed by atoms with Crippen LogP contribution in [0.5, 0.6) is 11.5 Å². The number of carbonyl (C=O) groups excluding carboxylic acids is 2. The monoisotopic (exact) mass is 585 g/mol. The molecule has 0 bridgehead atoms. The van der Waals surface area contributed by atoms with Gasteiger partial charge in [-0.3, -0.25) is 4.79 Å². The molecule has 1 aliphatic carbocycles. The molecule has 41 heavy (non-hydrogen) atoms. The van der Waals surface area contributed by atoms with Gasteiger partial charge in [0.2, 0.25) is 0 Å². The largest absolute Gasteiger partial charge is 0.573 e. The molecule has 1 fully saturated rings. The molecule has 1 aliphatic rings. The lowest BCUT2D eigenvalue weighted by molar-refractivity contribution is -0.274. The number of amides is 1. The van der Waals surface area contributed by atoms with Crippen molar-refractivity contribution in [2.75, 3.05) is 11.9 Å². The van der Waals surface area contributed by atoms with Crippen LogP contribution in [0.15, 0.2) is 54.6 Å². The fourth-order valence-corrected chi connectivity index (χ4v) is 4.50. The Balaban J connectivity index is 1.38. The van der Waals surface area contributed by atoms with Crippen LogP contribution >= 0.6 is 0 Å². The summed E-state index contributed by atoms with van der Waals surface area (Å²) >= 11 is 0. The molecule has 1 aromatic heterocycles. The second-order valence-electron chi connectivity index (χ2n) is 9.40. The van der Waals surface area contributed by atoms with E-state index >= 15 is 0 Å². The van der Waals surface area contributed by atoms with Gasteiger partial charge < -0.3 is 19.6 Å². The van der Waals surface area contributed by atoms with E-state index < -0.39 is 42.8 Å². The van der Waals surface area contributed by atoms with Crippen LogP contribution in [0.25, 0.3) is 10.9 Å². The van der Waals surface area contributed by atoms with E-state index in [0.29, 0.717) is 23.7 Å². The van der Waals surface area contributed by atoms with Crippen molar-refractivity contribution in [3.8, 4) is 11.5 Å². The highest BCUT2D eigenvalue weighted by atomic mass is 19.4. The number of aromatic nitrogens is 1. The molecule has 2 aromatic carbocycles. The molecule has 0 saturated heterocycles. The summed E-state index contributed by atoms with van der Waals surface area (Å²) in [4.78, 5) is 33.5. The predicted octanol–water partition coefficient (Wildman–Crippen LogP) is 6.09. The molecular weight excluding hydrogens is 560 g/mol. The zero-order chi connectivity index (χ0) is 29.8. The molecule has 0 aliphatic heterocycles. The third kappa shape index (κ3) is 8.14. The van der Waals surface area contributed by atoms with E-state index in [1.165, 1.54) is 0 Å². The molecule has 8 nitrogen and oxygen atoms in total. The molecule has 4 rings (SSSR count). The van der Waals surface area contributed by atoms with Crippen molar-refractivity contribution < 1.29 is 50.2 Å². The fraction of sp³-hybridized carbons (Fsp3) is 0.370. The summed E-state index contributed by atoms with van der Waals surface area (Å²) in [6, 6.07) is 12.6. The summed E-state index contributed by atoms with van der Waals surface area (Å²) in [5, 5.41) is 4.72. The number of benzene rings is 2. The van der Waals surface area contributed by atoms with Gasteiger partial charge in [0.05, 0.1) is 11.6 Å². The number of para-hydroxylation sites is 1. The molecule has 3 aromatic rings. The Kier molecular flexibility index (Phi) is 8.78. The second kappa shape index (κ2) is 12.1. The van der Waals surface area contributed by atoms with Crippen molar-refractivity contribution >= 4 is 28.6 Å². The van der Waals surface area contributed by atoms with Crippen LogP contribution in [0.4, 0.5) is 32.2 Å². The smallest absolute Gasteiger partial charge is 0.484 e. The molecule has 14 heteroatoms. The SMILES string of the molecule is Cc1cc(NC2CCC(N(OC(=O)C(F)(F)F)C(=O)COc3ccc(OC(F)(F)F)cc3)CC2)nc2ccccc12. The summed E-state index contributed by atoms with van der Waals surface area (Å²) < 4.78 is 84.8. The Labute approximate surface area is 230 Å². The van der Waals surface area contributed by atoms with Gasteiger partial charge in [-0.15, -0.1) is 13.2 Å². The van der Waals surface area contributed by atoms with E-state index in [2.05, 4.69) is 19.9 Å². The first kappa shape index (κ1) is 29.7. The molecule has 1 saturated carbocycles. The van der Waals surface area contributed by atoms with Gasteiger partial charge in [0, 0.05) is 11.4 Å². The summed E-state index contributed by atoms with van der Waals surface area (Å²) in [5.74, 6) is -3.57. The van der Waals surface area contributed by atoms with Gasteiger partial charge in [-0.2, -0.15) is 18.2 Å². The number of hydrogen-bond donors (Lipinski definition) is 1. The van der Waals surface area contributed by atoms with Crippen molar-refractivity contribution in [2.24, 2.45) is 0 Å². The van der Waals surface area contributed by atoms with Gasteiger partial charge in [0.15, 0.2) is 6.61 Å². The Morgan fingerprint density at radius 3 is 2.22 bits per heavy atom. The maximum atomic E-state index is 12.9. The van der Waals surface area contributed by atoms with Gasteiger partial charge in [0.1, 0.15) is 17.3 Å². The van der Waals surface area contributed by atoms with Crippen molar-refractivity contribution in [3.05, 3.63) is 60.2 Å². The second-order valence-corrected chi connectivity index (χ2v) is 9.40. The third-order valence-corrected chi connectivity index (χ3v) is 6.38. The van der Waals surface area contributed by atoms with Gasteiger partial charge in [-0.05, 0) is 74.6 Å². The minimum absolute atomic E-state index is 0.0546. The molecule has 1 N–H and O–H groups in total. The van der Waals surface area contributed by atoms with Crippen molar-refractivity contribution in [3.63, 3.8) is 0 Å². The lowest BCUT2D eigenvalue weighted by Gasteiger charge is -2.35. The van der Waals surface area contributed by atoms with Crippen LogP contribution in [-0.2, 0) is 14.4 Å². The van der Waals surface area contributed by atoms with Crippen LogP contribution in [-0.4, -0.2) is 53.2 Å². The summed E-state index contributed by atoms with van der Waals surface area (Å²) in [5.41, 5.74) is 1.83. The van der Waals surface area contributed by atoms with Crippen LogP contribution in [0.1, 0.15) is 31.2 Å². The first-order chi connectivity index (χ1) is 19.3. The van der Waals surface area contributed by atoms with E-state index in [0.717, 1.165) is 40.7 Å². The van der Waals surface area contributed by atoms with E-state index in [-0.39, 0.29) is 24.6 Å². The molecule has 0 atom stereocenters. The zero-order valence-electron chi connectivity index (χ0n) is 21.6. The molecule has 0 unspecified atom stereocenters. The molecule has 1 heterocycles. The number of aryl methyl sites for hydroxylation is 1. The maximum absolute atomic E-state index is 12.9. The molecule has 0 radical (unpaired) electrons. The summed E-state index contributed by atoms with van der Waals surface area (Å²) in [6.07, 6.45) is -8.94. The number of halogens is 6. The average Bonchev–Trinajstić information content (AvgIpc) is 2.90. The van der Waals surface area contributed by atoms with E-state index in [1.807, 2.05) is 37.3 Å². The molecule has 0 spiro atoms. The van der Waals surface area contributed by atoms with Crippen LogP contribution in [0.2, 0.25) is 0 Å². The lowest BCUT2D eigenvalue weighted by atomic mass is 9.91. The van der Waals surface area contributed by atoms with Crippen LogP contribution < -0.4 is 14.8 Å². The number of hydroxylamine groups is 2. The Bertz CT molecular complexity index is 1370. The van der Waals surface area contributed by atoms with E-state index in [9.17, 15) is 35.9 Å². The average molecular weight is 586 g/mol. The van der Waals surface area contributed by atoms with Crippen molar-refractivity contribution in [2.45, 2.75) is 57.2 Å². The first-order valence-corrected chi connectivity index (χ1v) is 12.5. The van der Waals surface area contributed by atoms with Gasteiger partial charge >= 0.3 is 18.5 Å². The summed E-state index contributed by atoms with van der Waals surface area (Å²) in [7, 11) is 0. The van der Waals surface area contributed by atoms with Gasteiger partial charge in [-0.1, -0.05) is 18.2 Å². The number of nitrogens with zero attached hydrogens (tertiary/aromatic N) is 2. The maximum Gasteiger partial charge on any atom is 0.573 e. The first-order valence-electron chi connectivity index (χ1n) is 12.5. The number of ether oxygens (including phenoxy) is 2. The highest BCUT2D eigenvalue weighted by molar-refractivity contribution is 5.84. The topological polar surface area (TPSA) is 90.0 Å². The Hall–Kier alpha value is -4.23. The molecule has 220 valence electrons. The van der Waals surface area contributed by atoms with E-state index in [4.69, 9.17) is 4.74 Å². The van der Waals surface area contributed by atoms with Crippen LogP contribution in [0, 0.1) is 6.92 Å². The highest BCUT2D eigenvalue weighted by Crippen LogP contribution is 2.29. The Morgan fingerprint density at radius 1 is 0.951 bits per heavy atom. The number of rotatable bonds is 7. The van der Waals surface area contributed by atoms with Crippen molar-refractivity contribution in [1.82, 2.24) is 10.0 Å². The quantitative estimate of drug-likeness (QED) is 0.265. The standard InChI is InChI=1S/C27H25F6N3O5/c1-16-14-23(35-22-5-3-2-4-21(16)22)34-17-6-8-18(9-7-17)36(41-25(38)26(28,29)30)24(37)15-39-19-10-12-20(13-11-19)40-27(31,32)33/h2-5,10-14,17-18H,6-9,15H2,1H3,(H,34,35). The number of nitrogens with one attached hydrogen (secondary N) is 1. The minimum atomic E-state index is -5.34. The number of alkyl halides is 6. The number of fused-ring (bicyclic) bond motifs is 1. The predicted molar refractivity (Wildman–Crippen MR) is 134 cm³/mol. The zero-order valence-corrected chi connectivity index (χ0v) is 21.6. The normalized spacial score (nSPS) is 17.5. The highest BCUT2D eigenvalue weighted by Gasteiger charge is 2.45. The lowest BCUT2D eigenvalue weighted by Crippen LogP contribution is -2.48. The number of carbonyl (C=O) groups is 2. The van der Waals surface area contributed by atoms with Crippen molar-refractivity contribution in [1.29, 1.82) is 0 Å².